The van der Waals surface area contributed by atoms with E-state index >= 15 is 0 Å². The van der Waals surface area contributed by atoms with Crippen molar-refractivity contribution in [3.05, 3.63) is 77.6 Å². The summed E-state index contributed by atoms with van der Waals surface area (Å²) in [5.41, 5.74) is 2.71. The molecule has 4 nitrogen and oxygen atoms in total. The highest BCUT2D eigenvalue weighted by atomic mass is 19.2. The van der Waals surface area contributed by atoms with Crippen molar-refractivity contribution in [2.24, 2.45) is 0 Å². The molecule has 0 unspecified atom stereocenters. The molecular formula is C19H12F3N3O. The molecule has 0 atom stereocenters. The minimum atomic E-state index is -0.957. The molecule has 0 fully saturated rings. The zero-order chi connectivity index (χ0) is 18.3. The maximum absolute atomic E-state index is 13.5. The van der Waals surface area contributed by atoms with Crippen LogP contribution in [0.1, 0.15) is 11.3 Å². The highest BCUT2D eigenvalue weighted by Gasteiger charge is 2.29. The summed E-state index contributed by atoms with van der Waals surface area (Å²) >= 11 is 0. The Bertz CT molecular complexity index is 1020. The third-order valence-electron chi connectivity index (χ3n) is 4.21. The second-order valence-corrected chi connectivity index (χ2v) is 5.99. The van der Waals surface area contributed by atoms with Crippen molar-refractivity contribution >= 4 is 11.6 Å². The van der Waals surface area contributed by atoms with E-state index in [1.807, 2.05) is 0 Å². The second-order valence-electron chi connectivity index (χ2n) is 5.99. The lowest BCUT2D eigenvalue weighted by Crippen LogP contribution is -2.26. The van der Waals surface area contributed by atoms with Crippen molar-refractivity contribution in [2.75, 3.05) is 4.90 Å². The van der Waals surface area contributed by atoms with Gasteiger partial charge in [-0.25, -0.2) is 13.2 Å². The smallest absolute Gasteiger partial charge is 0.233 e. The first-order chi connectivity index (χ1) is 12.5. The molecule has 0 radical (unpaired) electrons. The lowest BCUT2D eigenvalue weighted by Gasteiger charge is -2.18. The van der Waals surface area contributed by atoms with Crippen LogP contribution in [-0.2, 0) is 17.8 Å². The number of fused-ring (bicyclic) bond motifs is 1. The average molecular weight is 355 g/mol. The van der Waals surface area contributed by atoms with Gasteiger partial charge in [-0.2, -0.15) is 0 Å². The average Bonchev–Trinajstić information content (AvgIpc) is 2.92. The molecule has 0 N–H and O–H groups in total. The summed E-state index contributed by atoms with van der Waals surface area (Å²) < 4.78 is 40.0. The van der Waals surface area contributed by atoms with Crippen LogP contribution in [0.5, 0.6) is 0 Å². The SMILES string of the molecule is O=C1Cc2ncc(-c3ccc(F)c(F)c3)cc2N1Cc1cncc(F)c1. The topological polar surface area (TPSA) is 46.1 Å². The second kappa shape index (κ2) is 6.25. The number of anilines is 1. The third kappa shape index (κ3) is 2.92. The quantitative estimate of drug-likeness (QED) is 0.720. The van der Waals surface area contributed by atoms with Crippen LogP contribution in [0.25, 0.3) is 11.1 Å². The standard InChI is InChI=1S/C19H12F3N3O/c20-14-3-11(7-23-9-14)10-25-18-5-13(8-24-17(18)6-19(25)26)12-1-2-15(21)16(22)4-12/h1-5,7-9H,6,10H2. The third-order valence-corrected chi connectivity index (χ3v) is 4.21. The van der Waals surface area contributed by atoms with E-state index in [0.29, 0.717) is 28.1 Å². The van der Waals surface area contributed by atoms with Gasteiger partial charge >= 0.3 is 0 Å². The van der Waals surface area contributed by atoms with Gasteiger partial charge in [0, 0.05) is 18.0 Å². The van der Waals surface area contributed by atoms with Gasteiger partial charge in [0.25, 0.3) is 0 Å². The van der Waals surface area contributed by atoms with E-state index in [4.69, 9.17) is 0 Å². The van der Waals surface area contributed by atoms with Crippen LogP contribution in [0, 0.1) is 17.5 Å². The Labute approximate surface area is 146 Å². The summed E-state index contributed by atoms with van der Waals surface area (Å²) in [4.78, 5) is 21.9. The van der Waals surface area contributed by atoms with Crippen LogP contribution in [0.3, 0.4) is 0 Å². The summed E-state index contributed by atoms with van der Waals surface area (Å²) in [6, 6.07) is 6.58. The molecule has 0 saturated carbocycles. The lowest BCUT2D eigenvalue weighted by atomic mass is 10.1. The Balaban J connectivity index is 1.71. The van der Waals surface area contributed by atoms with Crippen LogP contribution >= 0.6 is 0 Å². The van der Waals surface area contributed by atoms with E-state index in [-0.39, 0.29) is 18.9 Å². The van der Waals surface area contributed by atoms with Crippen LogP contribution in [-0.4, -0.2) is 15.9 Å². The zero-order valence-electron chi connectivity index (χ0n) is 13.4. The molecule has 1 aliphatic heterocycles. The molecular weight excluding hydrogens is 343 g/mol. The van der Waals surface area contributed by atoms with Gasteiger partial charge < -0.3 is 4.90 Å². The van der Waals surface area contributed by atoms with Gasteiger partial charge in [-0.05, 0) is 35.4 Å². The maximum atomic E-state index is 13.5. The van der Waals surface area contributed by atoms with Gasteiger partial charge in [-0.1, -0.05) is 6.07 Å². The van der Waals surface area contributed by atoms with Gasteiger partial charge in [-0.3, -0.25) is 14.8 Å². The molecule has 4 rings (SSSR count). The number of aromatic nitrogens is 2. The maximum Gasteiger partial charge on any atom is 0.233 e. The summed E-state index contributed by atoms with van der Waals surface area (Å²) in [6.45, 7) is 0.152. The Kier molecular flexibility index (Phi) is 3.91. The number of rotatable bonds is 3. The molecule has 1 aliphatic rings. The lowest BCUT2D eigenvalue weighted by molar-refractivity contribution is -0.117. The number of amides is 1. The molecule has 0 bridgehead atoms. The number of pyridine rings is 2. The number of nitrogens with zero attached hydrogens (tertiary/aromatic N) is 3. The van der Waals surface area contributed by atoms with Gasteiger partial charge in [0.05, 0.1) is 30.5 Å². The summed E-state index contributed by atoms with van der Waals surface area (Å²) in [6.07, 6.45) is 4.23. The largest absolute Gasteiger partial charge is 0.306 e. The number of carbonyl (C=O) groups excluding carboxylic acids is 1. The number of hydrogen-bond donors (Lipinski definition) is 0. The Morgan fingerprint density at radius 2 is 1.81 bits per heavy atom. The zero-order valence-corrected chi connectivity index (χ0v) is 13.4. The minimum Gasteiger partial charge on any atom is -0.306 e. The number of halogens is 3. The molecule has 1 amide bonds. The van der Waals surface area contributed by atoms with E-state index in [0.717, 1.165) is 18.3 Å². The number of carbonyl (C=O) groups is 1. The van der Waals surface area contributed by atoms with Crippen LogP contribution in [0.15, 0.2) is 48.9 Å². The van der Waals surface area contributed by atoms with Crippen LogP contribution < -0.4 is 4.90 Å². The first kappa shape index (κ1) is 16.3. The highest BCUT2D eigenvalue weighted by molar-refractivity contribution is 6.01. The molecule has 0 saturated heterocycles. The van der Waals surface area contributed by atoms with Gasteiger partial charge in [0.1, 0.15) is 5.82 Å². The number of benzene rings is 1. The van der Waals surface area contributed by atoms with Crippen molar-refractivity contribution in [1.29, 1.82) is 0 Å². The predicted molar refractivity (Wildman–Crippen MR) is 88.7 cm³/mol. The van der Waals surface area contributed by atoms with Gasteiger partial charge in [0.15, 0.2) is 11.6 Å². The highest BCUT2D eigenvalue weighted by Crippen LogP contribution is 2.33. The predicted octanol–water partition coefficient (Wildman–Crippen LogP) is 3.65. The Morgan fingerprint density at radius 3 is 2.58 bits per heavy atom. The van der Waals surface area contributed by atoms with Crippen molar-refractivity contribution in [3.8, 4) is 11.1 Å². The van der Waals surface area contributed by atoms with Gasteiger partial charge in [0.2, 0.25) is 5.91 Å². The van der Waals surface area contributed by atoms with Crippen LogP contribution in [0.4, 0.5) is 18.9 Å². The van der Waals surface area contributed by atoms with Gasteiger partial charge in [-0.15, -0.1) is 0 Å². The van der Waals surface area contributed by atoms with E-state index in [1.165, 1.54) is 29.4 Å². The molecule has 0 aliphatic carbocycles. The van der Waals surface area contributed by atoms with E-state index < -0.39 is 17.5 Å². The molecule has 26 heavy (non-hydrogen) atoms. The minimum absolute atomic E-state index is 0.135. The summed E-state index contributed by atoms with van der Waals surface area (Å²) in [7, 11) is 0. The van der Waals surface area contributed by atoms with Crippen molar-refractivity contribution in [3.63, 3.8) is 0 Å². The first-order valence-corrected chi connectivity index (χ1v) is 7.85. The molecule has 0 spiro atoms. The summed E-state index contributed by atoms with van der Waals surface area (Å²) in [5.74, 6) is -2.54. The molecule has 2 aromatic heterocycles. The van der Waals surface area contributed by atoms with E-state index in [9.17, 15) is 18.0 Å². The molecule has 7 heteroatoms. The summed E-state index contributed by atoms with van der Waals surface area (Å²) in [5, 5.41) is 0. The monoisotopic (exact) mass is 355 g/mol. The van der Waals surface area contributed by atoms with E-state index in [1.54, 1.807) is 6.07 Å². The molecule has 130 valence electrons. The fraction of sp³-hybridized carbons (Fsp3) is 0.105. The molecule has 3 heterocycles. The Hall–Kier alpha value is -3.22. The van der Waals surface area contributed by atoms with Crippen molar-refractivity contribution in [1.82, 2.24) is 9.97 Å². The fourth-order valence-electron chi connectivity index (χ4n) is 2.96. The Morgan fingerprint density at radius 1 is 0.962 bits per heavy atom. The number of hydrogen-bond acceptors (Lipinski definition) is 3. The molecule has 1 aromatic carbocycles. The van der Waals surface area contributed by atoms with Crippen molar-refractivity contribution < 1.29 is 18.0 Å². The van der Waals surface area contributed by atoms with Crippen molar-refractivity contribution in [2.45, 2.75) is 13.0 Å². The van der Waals surface area contributed by atoms with Crippen LogP contribution in [0.2, 0.25) is 0 Å². The normalized spacial score (nSPS) is 13.2. The van der Waals surface area contributed by atoms with E-state index in [2.05, 4.69) is 9.97 Å². The first-order valence-electron chi connectivity index (χ1n) is 7.85. The fourth-order valence-corrected chi connectivity index (χ4v) is 2.96. The molecule has 3 aromatic rings.